The Hall–Kier alpha value is -1.00. The summed E-state index contributed by atoms with van der Waals surface area (Å²) in [5, 5.41) is 14.8. The van der Waals surface area contributed by atoms with E-state index in [4.69, 9.17) is 23.2 Å². The average Bonchev–Trinajstić information content (AvgIpc) is 2.33. The first-order valence-corrected chi connectivity index (χ1v) is 7.13. The topological polar surface area (TPSA) is 55.2 Å². The Morgan fingerprint density at radius 3 is 2.63 bits per heavy atom. The van der Waals surface area contributed by atoms with Crippen molar-refractivity contribution in [2.45, 2.75) is 38.6 Å². The number of nitrogens with one attached hydrogen (secondary N) is 1. The van der Waals surface area contributed by atoms with Crippen LogP contribution in [0.25, 0.3) is 0 Å². The van der Waals surface area contributed by atoms with E-state index >= 15 is 0 Å². The minimum absolute atomic E-state index is 0.0207. The first kappa shape index (κ1) is 14.4. The second-order valence-corrected chi connectivity index (χ2v) is 5.97. The molecule has 0 amide bonds. The van der Waals surface area contributed by atoms with Crippen LogP contribution in [-0.4, -0.2) is 11.0 Å². The molecule has 1 fully saturated rings. The smallest absolute Gasteiger partial charge is 0.293 e. The summed E-state index contributed by atoms with van der Waals surface area (Å²) >= 11 is 11.8. The van der Waals surface area contributed by atoms with Crippen molar-refractivity contribution in [2.75, 3.05) is 5.32 Å². The zero-order valence-electron chi connectivity index (χ0n) is 10.7. The van der Waals surface area contributed by atoms with Gasteiger partial charge in [0.05, 0.1) is 15.0 Å². The van der Waals surface area contributed by atoms with Crippen LogP contribution in [0.1, 0.15) is 32.6 Å². The van der Waals surface area contributed by atoms with Gasteiger partial charge in [-0.05, 0) is 24.8 Å². The van der Waals surface area contributed by atoms with Crippen molar-refractivity contribution in [2.24, 2.45) is 5.92 Å². The monoisotopic (exact) mass is 302 g/mol. The van der Waals surface area contributed by atoms with E-state index in [1.807, 2.05) is 0 Å². The minimum Gasteiger partial charge on any atom is -0.377 e. The van der Waals surface area contributed by atoms with Crippen molar-refractivity contribution in [1.82, 2.24) is 0 Å². The van der Waals surface area contributed by atoms with E-state index in [0.29, 0.717) is 16.6 Å². The molecule has 6 heteroatoms. The molecule has 2 atom stereocenters. The van der Waals surface area contributed by atoms with E-state index < -0.39 is 4.92 Å². The van der Waals surface area contributed by atoms with Crippen molar-refractivity contribution < 1.29 is 4.92 Å². The number of nitrogens with zero attached hydrogens (tertiary/aromatic N) is 1. The Kier molecular flexibility index (Phi) is 4.53. The second kappa shape index (κ2) is 5.97. The lowest BCUT2D eigenvalue weighted by molar-refractivity contribution is -0.384. The number of anilines is 1. The van der Waals surface area contributed by atoms with Crippen LogP contribution in [-0.2, 0) is 0 Å². The number of nitro groups is 1. The first-order valence-electron chi connectivity index (χ1n) is 6.37. The molecular weight excluding hydrogens is 287 g/mol. The van der Waals surface area contributed by atoms with E-state index in [-0.39, 0.29) is 16.8 Å². The molecule has 1 aromatic rings. The summed E-state index contributed by atoms with van der Waals surface area (Å²) in [6.45, 7) is 2.21. The molecule has 4 nitrogen and oxygen atoms in total. The summed E-state index contributed by atoms with van der Waals surface area (Å²) in [5.41, 5.74) is 0.436. The van der Waals surface area contributed by atoms with E-state index in [2.05, 4.69) is 12.2 Å². The number of hydrogen-bond donors (Lipinski definition) is 1. The number of benzene rings is 1. The lowest BCUT2D eigenvalue weighted by atomic mass is 9.87. The van der Waals surface area contributed by atoms with E-state index in [0.717, 1.165) is 19.3 Å². The van der Waals surface area contributed by atoms with Crippen molar-refractivity contribution in [3.63, 3.8) is 0 Å². The van der Waals surface area contributed by atoms with Gasteiger partial charge in [-0.25, -0.2) is 0 Å². The van der Waals surface area contributed by atoms with Crippen LogP contribution in [0, 0.1) is 16.0 Å². The molecule has 0 aromatic heterocycles. The van der Waals surface area contributed by atoms with Crippen LogP contribution in [0.5, 0.6) is 0 Å². The zero-order valence-corrected chi connectivity index (χ0v) is 12.2. The largest absolute Gasteiger partial charge is 0.377 e. The molecule has 2 unspecified atom stereocenters. The number of rotatable bonds is 3. The average molecular weight is 303 g/mol. The molecule has 0 radical (unpaired) electrons. The highest BCUT2D eigenvalue weighted by molar-refractivity contribution is 6.42. The first-order chi connectivity index (χ1) is 8.97. The Bertz CT molecular complexity index is 494. The van der Waals surface area contributed by atoms with Gasteiger partial charge in [0.15, 0.2) is 0 Å². The number of nitro benzene ring substituents is 1. The van der Waals surface area contributed by atoms with Crippen molar-refractivity contribution in [1.29, 1.82) is 0 Å². The zero-order chi connectivity index (χ0) is 14.0. The highest BCUT2D eigenvalue weighted by Crippen LogP contribution is 2.36. The Morgan fingerprint density at radius 1 is 1.32 bits per heavy atom. The summed E-state index contributed by atoms with van der Waals surface area (Å²) in [7, 11) is 0. The summed E-state index contributed by atoms with van der Waals surface area (Å²) in [5.74, 6) is 0.646. The van der Waals surface area contributed by atoms with Crippen LogP contribution < -0.4 is 5.32 Å². The number of halogens is 2. The fourth-order valence-electron chi connectivity index (χ4n) is 2.59. The maximum absolute atomic E-state index is 11.1. The standard InChI is InChI=1S/C13H16Cl2N2O2/c1-8-3-2-4-9(5-8)16-12-6-10(14)11(15)7-13(12)17(18)19/h6-9,16H,2-5H2,1H3. The molecule has 1 aliphatic carbocycles. The molecule has 0 saturated heterocycles. The summed E-state index contributed by atoms with van der Waals surface area (Å²) in [6, 6.07) is 3.11. The van der Waals surface area contributed by atoms with Gasteiger partial charge in [0.2, 0.25) is 0 Å². The maximum Gasteiger partial charge on any atom is 0.293 e. The van der Waals surface area contributed by atoms with Crippen LogP contribution in [0.3, 0.4) is 0 Å². The third-order valence-corrected chi connectivity index (χ3v) is 4.25. The van der Waals surface area contributed by atoms with Crippen molar-refractivity contribution >= 4 is 34.6 Å². The normalized spacial score (nSPS) is 23.1. The SMILES string of the molecule is CC1CCCC(Nc2cc(Cl)c(Cl)cc2[N+](=O)[O-])C1. The second-order valence-electron chi connectivity index (χ2n) is 5.15. The highest BCUT2D eigenvalue weighted by Gasteiger charge is 2.23. The fraction of sp³-hybridized carbons (Fsp3) is 0.538. The molecule has 0 spiro atoms. The highest BCUT2D eigenvalue weighted by atomic mass is 35.5. The molecule has 0 heterocycles. The molecule has 1 aliphatic rings. The van der Waals surface area contributed by atoms with Gasteiger partial charge in [-0.2, -0.15) is 0 Å². The molecule has 19 heavy (non-hydrogen) atoms. The van der Waals surface area contributed by atoms with Gasteiger partial charge in [0.1, 0.15) is 5.69 Å². The Labute approximate surface area is 122 Å². The van der Waals surface area contributed by atoms with Gasteiger partial charge >= 0.3 is 0 Å². The third-order valence-electron chi connectivity index (χ3n) is 3.53. The van der Waals surface area contributed by atoms with Gasteiger partial charge in [-0.1, -0.05) is 43.0 Å². The van der Waals surface area contributed by atoms with Gasteiger partial charge in [0.25, 0.3) is 5.69 Å². The molecule has 1 N–H and O–H groups in total. The Morgan fingerprint density at radius 2 is 2.00 bits per heavy atom. The van der Waals surface area contributed by atoms with Gasteiger partial charge in [-0.15, -0.1) is 0 Å². The summed E-state index contributed by atoms with van der Waals surface area (Å²) in [6.07, 6.45) is 4.43. The van der Waals surface area contributed by atoms with Gasteiger partial charge in [-0.3, -0.25) is 10.1 Å². The van der Waals surface area contributed by atoms with Crippen LogP contribution in [0.4, 0.5) is 11.4 Å². The number of hydrogen-bond acceptors (Lipinski definition) is 3. The lowest BCUT2D eigenvalue weighted by Gasteiger charge is -2.28. The van der Waals surface area contributed by atoms with Crippen molar-refractivity contribution in [3.8, 4) is 0 Å². The predicted molar refractivity (Wildman–Crippen MR) is 78.2 cm³/mol. The molecule has 104 valence electrons. The molecular formula is C13H16Cl2N2O2. The van der Waals surface area contributed by atoms with Gasteiger partial charge < -0.3 is 5.32 Å². The molecule has 1 saturated carbocycles. The van der Waals surface area contributed by atoms with Crippen molar-refractivity contribution in [3.05, 3.63) is 32.3 Å². The van der Waals surface area contributed by atoms with Crippen LogP contribution in [0.2, 0.25) is 10.0 Å². The van der Waals surface area contributed by atoms with Gasteiger partial charge in [0, 0.05) is 12.1 Å². The quantitative estimate of drug-likeness (QED) is 0.638. The maximum atomic E-state index is 11.1. The molecule has 1 aromatic carbocycles. The minimum atomic E-state index is -0.434. The molecule has 0 aliphatic heterocycles. The lowest BCUT2D eigenvalue weighted by Crippen LogP contribution is -2.26. The van der Waals surface area contributed by atoms with Crippen LogP contribution >= 0.6 is 23.2 Å². The molecule has 0 bridgehead atoms. The van der Waals surface area contributed by atoms with Crippen LogP contribution in [0.15, 0.2) is 12.1 Å². The Balaban J connectivity index is 2.23. The van der Waals surface area contributed by atoms with E-state index in [1.54, 1.807) is 6.07 Å². The third kappa shape index (κ3) is 3.51. The fourth-order valence-corrected chi connectivity index (χ4v) is 2.91. The summed E-state index contributed by atoms with van der Waals surface area (Å²) in [4.78, 5) is 10.6. The van der Waals surface area contributed by atoms with E-state index in [1.165, 1.54) is 12.5 Å². The predicted octanol–water partition coefficient (Wildman–Crippen LogP) is 4.89. The van der Waals surface area contributed by atoms with E-state index in [9.17, 15) is 10.1 Å². The molecule has 2 rings (SSSR count). The summed E-state index contributed by atoms with van der Waals surface area (Å²) < 4.78 is 0.